The molecule has 3 aromatic rings. The normalized spacial score (nSPS) is 17.0. The number of aryl methyl sites for hydroxylation is 1. The first-order valence-electron chi connectivity index (χ1n) is 9.85. The number of morpholine rings is 1. The van der Waals surface area contributed by atoms with Crippen molar-refractivity contribution in [1.82, 2.24) is 19.7 Å². The minimum absolute atomic E-state index is 0.187. The van der Waals surface area contributed by atoms with Crippen LogP contribution in [0.25, 0.3) is 0 Å². The van der Waals surface area contributed by atoms with Crippen molar-refractivity contribution < 1.29 is 22.6 Å². The predicted molar refractivity (Wildman–Crippen MR) is 107 cm³/mol. The minimum atomic E-state index is -4.39. The van der Waals surface area contributed by atoms with Gasteiger partial charge in [-0.15, -0.1) is 0 Å². The van der Waals surface area contributed by atoms with Crippen molar-refractivity contribution >= 4 is 5.82 Å². The lowest BCUT2D eigenvalue weighted by molar-refractivity contribution is -0.137. The van der Waals surface area contributed by atoms with Crippen molar-refractivity contribution in [2.24, 2.45) is 7.05 Å². The maximum Gasteiger partial charge on any atom is 0.416 e. The van der Waals surface area contributed by atoms with Crippen LogP contribution < -0.4 is 9.64 Å². The second-order valence-corrected chi connectivity index (χ2v) is 7.18. The van der Waals surface area contributed by atoms with Gasteiger partial charge in [0.25, 0.3) is 0 Å². The molecule has 2 aromatic heterocycles. The number of ether oxygens (including phenoxy) is 2. The molecule has 1 aliphatic heterocycles. The van der Waals surface area contributed by atoms with E-state index in [1.54, 1.807) is 23.3 Å². The zero-order chi connectivity index (χ0) is 21.8. The Morgan fingerprint density at radius 1 is 1.23 bits per heavy atom. The van der Waals surface area contributed by atoms with Gasteiger partial charge in [0, 0.05) is 38.1 Å². The summed E-state index contributed by atoms with van der Waals surface area (Å²) in [6.45, 7) is 2.11. The molecule has 1 aromatic carbocycles. The summed E-state index contributed by atoms with van der Waals surface area (Å²) in [5.41, 5.74) is 0.974. The molecule has 0 N–H and O–H groups in total. The lowest BCUT2D eigenvalue weighted by atomic mass is 10.2. The van der Waals surface area contributed by atoms with E-state index in [-0.39, 0.29) is 18.5 Å². The van der Waals surface area contributed by atoms with Crippen LogP contribution in [0.3, 0.4) is 0 Å². The molecule has 164 valence electrons. The summed E-state index contributed by atoms with van der Waals surface area (Å²) < 4.78 is 51.7. The van der Waals surface area contributed by atoms with Crippen molar-refractivity contribution in [3.8, 4) is 5.75 Å². The lowest BCUT2D eigenvalue weighted by Gasteiger charge is -2.32. The van der Waals surface area contributed by atoms with E-state index >= 15 is 0 Å². The third-order valence-corrected chi connectivity index (χ3v) is 5.05. The van der Waals surface area contributed by atoms with Gasteiger partial charge in [-0.05, 0) is 24.3 Å². The van der Waals surface area contributed by atoms with Crippen LogP contribution in [-0.4, -0.2) is 46.1 Å². The molecule has 0 saturated carbocycles. The number of hydrogen-bond acceptors (Lipinski definition) is 6. The molecular formula is C21H22F3N5O2. The fourth-order valence-corrected chi connectivity index (χ4v) is 3.45. The molecule has 0 amide bonds. The van der Waals surface area contributed by atoms with E-state index in [4.69, 9.17) is 9.47 Å². The molecule has 0 bridgehead atoms. The summed E-state index contributed by atoms with van der Waals surface area (Å²) in [5.74, 6) is 0.980. The third kappa shape index (κ3) is 5.13. The molecule has 0 radical (unpaired) electrons. The topological polar surface area (TPSA) is 65.3 Å². The van der Waals surface area contributed by atoms with E-state index in [1.165, 1.54) is 12.1 Å². The van der Waals surface area contributed by atoms with E-state index in [2.05, 4.69) is 20.0 Å². The highest BCUT2D eigenvalue weighted by Crippen LogP contribution is 2.31. The van der Waals surface area contributed by atoms with E-state index in [1.807, 2.05) is 13.1 Å². The van der Waals surface area contributed by atoms with Gasteiger partial charge in [0.15, 0.2) is 0 Å². The number of anilines is 1. The SMILES string of the molecule is Cn1nc([C@@H]2CN(c3cnccn3)CCO2)cc1CCOc1cccc(C(F)(F)F)c1. The van der Waals surface area contributed by atoms with E-state index in [0.29, 0.717) is 19.6 Å². The summed E-state index contributed by atoms with van der Waals surface area (Å²) in [6.07, 6.45) is 0.907. The molecular weight excluding hydrogens is 411 g/mol. The Balaban J connectivity index is 1.37. The fourth-order valence-electron chi connectivity index (χ4n) is 3.45. The zero-order valence-electron chi connectivity index (χ0n) is 16.9. The standard InChI is InChI=1S/C21H22F3N5O2/c1-28-16(5-9-30-17-4-2-3-15(11-17)21(22,23)24)12-18(27-28)19-14-29(8-10-31-19)20-13-25-6-7-26-20/h2-4,6-7,11-13,19H,5,8-10,14H2,1H3/t19-/m0/s1. The van der Waals surface area contributed by atoms with Crippen LogP contribution in [0.1, 0.15) is 23.1 Å². The van der Waals surface area contributed by atoms with E-state index < -0.39 is 11.7 Å². The fraction of sp³-hybridized carbons (Fsp3) is 0.381. The van der Waals surface area contributed by atoms with Gasteiger partial charge in [0.2, 0.25) is 0 Å². The van der Waals surface area contributed by atoms with Crippen molar-refractivity contribution in [2.45, 2.75) is 18.7 Å². The van der Waals surface area contributed by atoms with Gasteiger partial charge < -0.3 is 14.4 Å². The van der Waals surface area contributed by atoms with Gasteiger partial charge in [-0.25, -0.2) is 4.98 Å². The number of benzene rings is 1. The van der Waals surface area contributed by atoms with Gasteiger partial charge in [0.1, 0.15) is 17.7 Å². The molecule has 1 saturated heterocycles. The molecule has 31 heavy (non-hydrogen) atoms. The van der Waals surface area contributed by atoms with Crippen LogP contribution in [-0.2, 0) is 24.4 Å². The maximum absolute atomic E-state index is 12.8. The number of aromatic nitrogens is 4. The Hall–Kier alpha value is -3.14. The number of rotatable bonds is 6. The number of nitrogens with zero attached hydrogens (tertiary/aromatic N) is 5. The highest BCUT2D eigenvalue weighted by molar-refractivity contribution is 5.36. The molecule has 1 aliphatic rings. The Bertz CT molecular complexity index is 1010. The number of halogens is 3. The third-order valence-electron chi connectivity index (χ3n) is 5.05. The molecule has 1 fully saturated rings. The molecule has 1 atom stereocenters. The van der Waals surface area contributed by atoms with Crippen molar-refractivity contribution in [3.63, 3.8) is 0 Å². The van der Waals surface area contributed by atoms with Crippen LogP contribution in [0.15, 0.2) is 48.9 Å². The average molecular weight is 433 g/mol. The first-order valence-corrected chi connectivity index (χ1v) is 9.85. The van der Waals surface area contributed by atoms with E-state index in [9.17, 15) is 13.2 Å². The Morgan fingerprint density at radius 3 is 2.87 bits per heavy atom. The summed E-state index contributed by atoms with van der Waals surface area (Å²) >= 11 is 0. The highest BCUT2D eigenvalue weighted by Gasteiger charge is 2.30. The molecule has 0 spiro atoms. The molecule has 4 rings (SSSR count). The Labute approximate surface area is 177 Å². The largest absolute Gasteiger partial charge is 0.493 e. The average Bonchev–Trinajstić information content (AvgIpc) is 3.15. The van der Waals surface area contributed by atoms with Gasteiger partial charge >= 0.3 is 6.18 Å². The van der Waals surface area contributed by atoms with E-state index in [0.717, 1.165) is 35.9 Å². The summed E-state index contributed by atoms with van der Waals surface area (Å²) in [5, 5.41) is 4.56. The smallest absolute Gasteiger partial charge is 0.416 e. The number of hydrogen-bond donors (Lipinski definition) is 0. The van der Waals surface area contributed by atoms with Gasteiger partial charge in [-0.1, -0.05) is 6.07 Å². The van der Waals surface area contributed by atoms with Crippen LogP contribution in [0.2, 0.25) is 0 Å². The molecule has 7 nitrogen and oxygen atoms in total. The second kappa shape index (κ2) is 8.93. The first kappa shape index (κ1) is 21.1. The van der Waals surface area contributed by atoms with Crippen LogP contribution in [0.4, 0.5) is 19.0 Å². The van der Waals surface area contributed by atoms with Crippen LogP contribution in [0, 0.1) is 0 Å². The summed E-state index contributed by atoms with van der Waals surface area (Å²) in [7, 11) is 1.83. The molecule has 3 heterocycles. The van der Waals surface area contributed by atoms with Crippen molar-refractivity contribution in [3.05, 3.63) is 65.9 Å². The van der Waals surface area contributed by atoms with Crippen LogP contribution >= 0.6 is 0 Å². The maximum atomic E-state index is 12.8. The monoisotopic (exact) mass is 433 g/mol. The predicted octanol–water partition coefficient (Wildman–Crippen LogP) is 3.43. The quantitative estimate of drug-likeness (QED) is 0.594. The van der Waals surface area contributed by atoms with Crippen molar-refractivity contribution in [1.29, 1.82) is 0 Å². The van der Waals surface area contributed by atoms with Gasteiger partial charge in [0.05, 0.1) is 37.2 Å². The minimum Gasteiger partial charge on any atom is -0.493 e. The van der Waals surface area contributed by atoms with Crippen molar-refractivity contribution in [2.75, 3.05) is 31.2 Å². The van der Waals surface area contributed by atoms with Gasteiger partial charge in [-0.2, -0.15) is 18.3 Å². The number of alkyl halides is 3. The lowest BCUT2D eigenvalue weighted by Crippen LogP contribution is -2.39. The van der Waals surface area contributed by atoms with Crippen LogP contribution in [0.5, 0.6) is 5.75 Å². The first-order chi connectivity index (χ1) is 14.9. The second-order valence-electron chi connectivity index (χ2n) is 7.18. The Morgan fingerprint density at radius 2 is 2.10 bits per heavy atom. The molecule has 0 unspecified atom stereocenters. The molecule has 0 aliphatic carbocycles. The Kier molecular flexibility index (Phi) is 6.08. The van der Waals surface area contributed by atoms with Gasteiger partial charge in [-0.3, -0.25) is 9.67 Å². The summed E-state index contributed by atoms with van der Waals surface area (Å²) in [6, 6.07) is 6.82. The summed E-state index contributed by atoms with van der Waals surface area (Å²) in [4.78, 5) is 10.6. The molecule has 10 heteroatoms. The highest BCUT2D eigenvalue weighted by atomic mass is 19.4. The zero-order valence-corrected chi connectivity index (χ0v) is 16.9.